The molecule has 0 aromatic heterocycles. The molecule has 3 heteroatoms. The number of para-hydroxylation sites is 2. The summed E-state index contributed by atoms with van der Waals surface area (Å²) in [5.74, 6) is 0. The second-order valence-electron chi connectivity index (χ2n) is 4.99. The van der Waals surface area contributed by atoms with Crippen LogP contribution in [0.1, 0.15) is 26.2 Å². The van der Waals surface area contributed by atoms with Crippen molar-refractivity contribution in [1.82, 2.24) is 5.43 Å². The number of rotatable bonds is 5. The molecule has 0 radical (unpaired) electrons. The number of anilines is 2. The van der Waals surface area contributed by atoms with Gasteiger partial charge < -0.3 is 0 Å². The van der Waals surface area contributed by atoms with Gasteiger partial charge in [0.05, 0.1) is 11.4 Å². The van der Waals surface area contributed by atoms with Crippen molar-refractivity contribution in [2.75, 3.05) is 11.6 Å². The van der Waals surface area contributed by atoms with Crippen molar-refractivity contribution >= 4 is 23.1 Å². The Morgan fingerprint density at radius 3 is 2.10 bits per heavy atom. The van der Waals surface area contributed by atoms with E-state index in [1.54, 1.807) is 0 Å². The molecule has 0 unspecified atom stereocenters. The number of fused-ring (bicyclic) bond motifs is 2. The highest BCUT2D eigenvalue weighted by Gasteiger charge is 2.22. The van der Waals surface area contributed by atoms with Gasteiger partial charge in [-0.15, -0.1) is 0 Å². The molecule has 1 heterocycles. The van der Waals surface area contributed by atoms with Gasteiger partial charge in [-0.05, 0) is 30.7 Å². The van der Waals surface area contributed by atoms with Gasteiger partial charge in [0.2, 0.25) is 0 Å². The minimum absolute atomic E-state index is 1.02. The van der Waals surface area contributed by atoms with Gasteiger partial charge >= 0.3 is 0 Å². The van der Waals surface area contributed by atoms with Crippen molar-refractivity contribution in [2.45, 2.75) is 36.0 Å². The topological polar surface area (TPSA) is 15.3 Å². The zero-order valence-corrected chi connectivity index (χ0v) is 12.6. The van der Waals surface area contributed by atoms with Crippen LogP contribution in [0.2, 0.25) is 0 Å². The maximum absolute atomic E-state index is 3.59. The van der Waals surface area contributed by atoms with Crippen molar-refractivity contribution in [1.29, 1.82) is 0 Å². The van der Waals surface area contributed by atoms with Gasteiger partial charge in [-0.25, -0.2) is 5.43 Å². The standard InChI is InChI=1S/C17H20N2S/c1-2-3-8-13-18-19-14-9-4-6-11-16(14)20-17-12-7-5-10-15(17)19/h4-7,9-12,18H,2-3,8,13H2,1H3. The maximum Gasteiger partial charge on any atom is 0.0717 e. The number of hydrazine groups is 1. The summed E-state index contributed by atoms with van der Waals surface area (Å²) >= 11 is 1.85. The van der Waals surface area contributed by atoms with E-state index in [0.717, 1.165) is 6.54 Å². The highest BCUT2D eigenvalue weighted by molar-refractivity contribution is 7.99. The summed E-state index contributed by atoms with van der Waals surface area (Å²) < 4.78 is 0. The second-order valence-corrected chi connectivity index (χ2v) is 6.07. The Hall–Kier alpha value is -1.45. The minimum atomic E-state index is 1.02. The Labute approximate surface area is 125 Å². The van der Waals surface area contributed by atoms with E-state index in [0.29, 0.717) is 0 Å². The summed E-state index contributed by atoms with van der Waals surface area (Å²) in [7, 11) is 0. The van der Waals surface area contributed by atoms with Crippen molar-refractivity contribution in [2.24, 2.45) is 0 Å². The fourth-order valence-electron chi connectivity index (χ4n) is 2.44. The van der Waals surface area contributed by atoms with Crippen molar-refractivity contribution < 1.29 is 0 Å². The molecular weight excluding hydrogens is 264 g/mol. The first-order valence-corrected chi connectivity index (χ1v) is 8.11. The summed E-state index contributed by atoms with van der Waals surface area (Å²) in [6.07, 6.45) is 3.74. The van der Waals surface area contributed by atoms with Crippen molar-refractivity contribution in [3.8, 4) is 0 Å². The summed E-state index contributed by atoms with van der Waals surface area (Å²) in [5.41, 5.74) is 6.10. The van der Waals surface area contributed by atoms with Crippen LogP contribution in [0.25, 0.3) is 0 Å². The van der Waals surface area contributed by atoms with Crippen molar-refractivity contribution in [3.05, 3.63) is 48.5 Å². The van der Waals surface area contributed by atoms with Crippen LogP contribution in [-0.2, 0) is 0 Å². The summed E-state index contributed by atoms with van der Waals surface area (Å²) in [6.45, 7) is 3.25. The molecule has 0 saturated heterocycles. The van der Waals surface area contributed by atoms with Crippen LogP contribution < -0.4 is 10.4 Å². The van der Waals surface area contributed by atoms with E-state index in [4.69, 9.17) is 0 Å². The Bertz CT molecular complexity index is 537. The zero-order valence-electron chi connectivity index (χ0n) is 11.8. The van der Waals surface area contributed by atoms with Gasteiger partial charge in [-0.3, -0.25) is 5.01 Å². The van der Waals surface area contributed by atoms with Crippen LogP contribution >= 0.6 is 11.8 Å². The zero-order chi connectivity index (χ0) is 13.8. The largest absolute Gasteiger partial charge is 0.275 e. The number of nitrogens with one attached hydrogen (secondary N) is 1. The molecular formula is C17H20N2S. The molecule has 0 spiro atoms. The van der Waals surface area contributed by atoms with Crippen LogP contribution in [0.5, 0.6) is 0 Å². The van der Waals surface area contributed by atoms with E-state index in [9.17, 15) is 0 Å². The molecule has 3 rings (SSSR count). The molecule has 0 bridgehead atoms. The molecule has 0 atom stereocenters. The third-order valence-corrected chi connectivity index (χ3v) is 4.61. The van der Waals surface area contributed by atoms with Gasteiger partial charge in [-0.1, -0.05) is 55.8 Å². The van der Waals surface area contributed by atoms with Crippen LogP contribution in [-0.4, -0.2) is 6.54 Å². The van der Waals surface area contributed by atoms with Crippen LogP contribution in [0, 0.1) is 0 Å². The highest BCUT2D eigenvalue weighted by Crippen LogP contribution is 2.46. The normalized spacial score (nSPS) is 12.9. The van der Waals surface area contributed by atoms with Gasteiger partial charge in [0.15, 0.2) is 0 Å². The van der Waals surface area contributed by atoms with Crippen LogP contribution in [0.15, 0.2) is 58.3 Å². The molecule has 1 aliphatic rings. The lowest BCUT2D eigenvalue weighted by Gasteiger charge is -2.32. The quantitative estimate of drug-likeness (QED) is 0.779. The lowest BCUT2D eigenvalue weighted by Crippen LogP contribution is -2.36. The molecule has 0 aliphatic carbocycles. The van der Waals surface area contributed by atoms with Crippen molar-refractivity contribution in [3.63, 3.8) is 0 Å². The van der Waals surface area contributed by atoms with Gasteiger partial charge in [-0.2, -0.15) is 0 Å². The molecule has 0 saturated carbocycles. The molecule has 0 amide bonds. The molecule has 2 nitrogen and oxygen atoms in total. The number of unbranched alkanes of at least 4 members (excludes halogenated alkanes) is 2. The molecule has 20 heavy (non-hydrogen) atoms. The number of nitrogens with zero attached hydrogens (tertiary/aromatic N) is 1. The van der Waals surface area contributed by atoms with E-state index < -0.39 is 0 Å². The SMILES string of the molecule is CCCCCNN1c2ccccc2Sc2ccccc21. The Morgan fingerprint density at radius 2 is 1.50 bits per heavy atom. The third kappa shape index (κ3) is 2.69. The fourth-order valence-corrected chi connectivity index (χ4v) is 3.50. The third-order valence-electron chi connectivity index (χ3n) is 3.48. The first-order chi connectivity index (χ1) is 9.90. The Balaban J connectivity index is 1.87. The molecule has 2 aromatic carbocycles. The van der Waals surface area contributed by atoms with Crippen LogP contribution in [0.3, 0.4) is 0 Å². The lowest BCUT2D eigenvalue weighted by atomic mass is 10.2. The Kier molecular flexibility index (Phi) is 4.28. The predicted molar refractivity (Wildman–Crippen MR) is 86.7 cm³/mol. The smallest absolute Gasteiger partial charge is 0.0717 e. The first kappa shape index (κ1) is 13.5. The summed E-state index contributed by atoms with van der Waals surface area (Å²) in [5, 5.41) is 2.25. The van der Waals surface area contributed by atoms with E-state index >= 15 is 0 Å². The number of hydrogen-bond acceptors (Lipinski definition) is 3. The molecule has 104 valence electrons. The predicted octanol–water partition coefficient (Wildman–Crippen LogP) is 4.98. The fraction of sp³-hybridized carbons (Fsp3) is 0.294. The van der Waals surface area contributed by atoms with Gasteiger partial charge in [0.1, 0.15) is 0 Å². The second kappa shape index (κ2) is 6.33. The number of hydrogen-bond donors (Lipinski definition) is 1. The minimum Gasteiger partial charge on any atom is -0.275 e. The van der Waals surface area contributed by atoms with Crippen LogP contribution in [0.4, 0.5) is 11.4 Å². The van der Waals surface area contributed by atoms with E-state index in [-0.39, 0.29) is 0 Å². The van der Waals surface area contributed by atoms with E-state index in [2.05, 4.69) is 65.9 Å². The maximum atomic E-state index is 3.59. The van der Waals surface area contributed by atoms with Gasteiger partial charge in [0.25, 0.3) is 0 Å². The van der Waals surface area contributed by atoms with Gasteiger partial charge in [0, 0.05) is 16.3 Å². The molecule has 0 fully saturated rings. The average Bonchev–Trinajstić information content (AvgIpc) is 2.50. The summed E-state index contributed by atoms with van der Waals surface area (Å²) in [6, 6.07) is 17.2. The highest BCUT2D eigenvalue weighted by atomic mass is 32.2. The average molecular weight is 284 g/mol. The lowest BCUT2D eigenvalue weighted by molar-refractivity contribution is 0.619. The molecule has 1 N–H and O–H groups in total. The Morgan fingerprint density at radius 1 is 0.900 bits per heavy atom. The molecule has 1 aliphatic heterocycles. The summed E-state index contributed by atoms with van der Waals surface area (Å²) in [4.78, 5) is 2.63. The first-order valence-electron chi connectivity index (χ1n) is 7.29. The van der Waals surface area contributed by atoms with E-state index in [1.165, 1.54) is 40.4 Å². The monoisotopic (exact) mass is 284 g/mol. The van der Waals surface area contributed by atoms with E-state index in [1.807, 2.05) is 11.8 Å². The molecule has 2 aromatic rings. The number of benzene rings is 2.